The predicted octanol–water partition coefficient (Wildman–Crippen LogP) is 7.73. The molecule has 0 radical (unpaired) electrons. The molecule has 4 heteroatoms. The van der Waals surface area contributed by atoms with Crippen molar-refractivity contribution in [2.75, 3.05) is 19.6 Å². The smallest absolute Gasteiger partial charge is 0.104 e. The standard InChI is InChI=1S/C30H38N4/c1-19(2)31-23(7)33(27-15-11-9-13-25(27)31)29-17-21(5)18-30(22(29)6)34-24(8)32(20(3)4)26-14-10-12-16-28(26)34/h9-20,23-24H,1-8H3/t23-,24+/i1D3,2D3,3D3,19D,20D/t20?,23-,24+/m0/s1. The maximum absolute atomic E-state index is 9.04. The van der Waals surface area contributed by atoms with Crippen molar-refractivity contribution < 1.29 is 15.1 Å². The summed E-state index contributed by atoms with van der Waals surface area (Å²) >= 11 is 0. The van der Waals surface area contributed by atoms with Crippen LogP contribution in [0.15, 0.2) is 60.7 Å². The molecule has 3 atom stereocenters. The van der Waals surface area contributed by atoms with E-state index in [1.54, 1.807) is 36.1 Å². The third-order valence-electron chi connectivity index (χ3n) is 6.91. The monoisotopic (exact) mass is 465 g/mol. The predicted molar refractivity (Wildman–Crippen MR) is 147 cm³/mol. The Bertz CT molecular complexity index is 1600. The van der Waals surface area contributed by atoms with Crippen LogP contribution in [0.3, 0.4) is 0 Å². The highest BCUT2D eigenvalue weighted by Crippen LogP contribution is 2.50. The van der Waals surface area contributed by atoms with Gasteiger partial charge in [0.1, 0.15) is 12.3 Å². The van der Waals surface area contributed by atoms with Gasteiger partial charge in [-0.2, -0.15) is 0 Å². The van der Waals surface area contributed by atoms with E-state index in [0.717, 1.165) is 22.5 Å². The number of nitrogens with zero attached hydrogens (tertiary/aromatic N) is 4. The van der Waals surface area contributed by atoms with Gasteiger partial charge in [0.15, 0.2) is 0 Å². The summed E-state index contributed by atoms with van der Waals surface area (Å²) < 4.78 is 91.6. The van der Waals surface area contributed by atoms with Gasteiger partial charge in [-0.3, -0.25) is 0 Å². The van der Waals surface area contributed by atoms with Crippen molar-refractivity contribution in [1.29, 1.82) is 0 Å². The van der Waals surface area contributed by atoms with Gasteiger partial charge in [-0.05, 0) is 103 Å². The zero-order chi connectivity index (χ0) is 33.7. The molecule has 2 aliphatic rings. The number of anilines is 6. The Morgan fingerprint density at radius 2 is 1.09 bits per heavy atom. The number of fused-ring (bicyclic) bond motifs is 2. The molecule has 0 saturated heterocycles. The first-order chi connectivity index (χ1) is 20.6. The quantitative estimate of drug-likeness (QED) is 0.391. The average molecular weight is 466 g/mol. The van der Waals surface area contributed by atoms with Gasteiger partial charge in [0.25, 0.3) is 0 Å². The van der Waals surface area contributed by atoms with Crippen LogP contribution in [0.25, 0.3) is 0 Å². The molecule has 0 aromatic heterocycles. The summed E-state index contributed by atoms with van der Waals surface area (Å²) in [6.45, 7) is -0.187. The lowest BCUT2D eigenvalue weighted by Gasteiger charge is -2.36. The molecule has 2 heterocycles. The summed E-state index contributed by atoms with van der Waals surface area (Å²) in [7, 11) is 0. The van der Waals surface area contributed by atoms with E-state index in [0.29, 0.717) is 22.7 Å². The van der Waals surface area contributed by atoms with E-state index in [1.165, 1.54) is 11.8 Å². The van der Waals surface area contributed by atoms with Crippen molar-refractivity contribution >= 4 is 34.1 Å². The zero-order valence-electron chi connectivity index (χ0n) is 31.2. The van der Waals surface area contributed by atoms with E-state index in [2.05, 4.69) is 0 Å². The van der Waals surface area contributed by atoms with Crippen LogP contribution >= 0.6 is 0 Å². The van der Waals surface area contributed by atoms with Gasteiger partial charge in [-0.1, -0.05) is 24.3 Å². The van der Waals surface area contributed by atoms with Crippen molar-refractivity contribution in [3.8, 4) is 0 Å². The van der Waals surface area contributed by atoms with Crippen molar-refractivity contribution in [1.82, 2.24) is 0 Å². The van der Waals surface area contributed by atoms with Crippen LogP contribution in [0.5, 0.6) is 0 Å². The first kappa shape index (κ1) is 13.1. The van der Waals surface area contributed by atoms with Crippen LogP contribution in [0.4, 0.5) is 34.1 Å². The SMILES string of the molecule is [2H]C([2H])([2H])C([2H])(C)N1c2ccccc2N(c2cc(C)cc(N3c4ccccc4N(C([2H])(C([2H])([2H])[2H])C([2H])([2H])[2H])[C@@H]3C)c2C)[C@@H]1C. The van der Waals surface area contributed by atoms with Crippen LogP contribution in [-0.4, -0.2) is 24.4 Å². The highest BCUT2D eigenvalue weighted by Gasteiger charge is 2.39. The second-order valence-electron chi connectivity index (χ2n) is 9.08. The Labute approximate surface area is 220 Å². The lowest BCUT2D eigenvalue weighted by molar-refractivity contribution is 0.603. The average Bonchev–Trinajstić information content (AvgIpc) is 3.37. The molecule has 0 amide bonds. The second kappa shape index (κ2) is 8.26. The molecule has 0 saturated carbocycles. The van der Waals surface area contributed by atoms with Gasteiger partial charge in [-0.15, -0.1) is 0 Å². The molecule has 0 aliphatic carbocycles. The van der Waals surface area contributed by atoms with Crippen LogP contribution in [0.1, 0.15) is 67.5 Å². The Balaban J connectivity index is 1.71. The van der Waals surface area contributed by atoms with E-state index in [4.69, 9.17) is 15.1 Å². The van der Waals surface area contributed by atoms with E-state index in [1.807, 2.05) is 67.0 Å². The Morgan fingerprint density at radius 3 is 1.53 bits per heavy atom. The van der Waals surface area contributed by atoms with E-state index in [9.17, 15) is 0 Å². The molecule has 3 aromatic carbocycles. The number of hydrogen-bond donors (Lipinski definition) is 0. The fourth-order valence-corrected chi connectivity index (χ4v) is 5.53. The number of hydrogen-bond acceptors (Lipinski definition) is 4. The van der Waals surface area contributed by atoms with Crippen molar-refractivity contribution in [3.63, 3.8) is 0 Å². The number of rotatable bonds is 4. The fraction of sp³-hybridized carbons (Fsp3) is 0.400. The first-order valence-electron chi connectivity index (χ1n) is 17.0. The molecule has 34 heavy (non-hydrogen) atoms. The second-order valence-corrected chi connectivity index (χ2v) is 9.08. The Morgan fingerprint density at radius 1 is 0.676 bits per heavy atom. The van der Waals surface area contributed by atoms with Crippen LogP contribution in [-0.2, 0) is 0 Å². The molecule has 1 unspecified atom stereocenters. The van der Waals surface area contributed by atoms with Crippen LogP contribution < -0.4 is 19.6 Å². The largest absolute Gasteiger partial charge is 0.347 e. The molecule has 178 valence electrons. The third kappa shape index (κ3) is 3.26. The number of aryl methyl sites for hydroxylation is 1. The van der Waals surface area contributed by atoms with E-state index in [-0.39, 0.29) is 0 Å². The summed E-state index contributed by atoms with van der Waals surface area (Å²) in [5.41, 5.74) is 5.28. The molecule has 5 rings (SSSR count). The Kier molecular flexibility index (Phi) is 3.18. The molecule has 3 aromatic rings. The maximum Gasteiger partial charge on any atom is 0.104 e. The maximum atomic E-state index is 9.04. The summed E-state index contributed by atoms with van der Waals surface area (Å²) in [5, 5.41) is 0. The molecule has 4 nitrogen and oxygen atoms in total. The van der Waals surface area contributed by atoms with E-state index >= 15 is 0 Å². The Hall–Kier alpha value is -3.14. The molecule has 0 N–H and O–H groups in total. The van der Waals surface area contributed by atoms with Crippen molar-refractivity contribution in [2.24, 2.45) is 0 Å². The van der Waals surface area contributed by atoms with Crippen LogP contribution in [0.2, 0.25) is 0 Å². The highest BCUT2D eigenvalue weighted by molar-refractivity contribution is 5.90. The molecular weight excluding hydrogens is 416 g/mol. The summed E-state index contributed by atoms with van der Waals surface area (Å²) in [5.74, 6) is 0. The molecule has 0 bridgehead atoms. The minimum Gasteiger partial charge on any atom is -0.347 e. The summed E-state index contributed by atoms with van der Waals surface area (Å²) in [6.07, 6.45) is -1.44. The van der Waals surface area contributed by atoms with Gasteiger partial charge in [0, 0.05) is 35.7 Å². The van der Waals surface area contributed by atoms with E-state index < -0.39 is 44.9 Å². The normalized spacial score (nSPS) is 27.4. The van der Waals surface area contributed by atoms with Gasteiger partial charge in [0.2, 0.25) is 0 Å². The van der Waals surface area contributed by atoms with Crippen molar-refractivity contribution in [3.05, 3.63) is 71.8 Å². The molecular formula is C30H38N4. The van der Waals surface area contributed by atoms with Crippen molar-refractivity contribution in [2.45, 2.75) is 79.5 Å². The lowest BCUT2D eigenvalue weighted by Crippen LogP contribution is -2.43. The first-order valence-corrected chi connectivity index (χ1v) is 11.5. The lowest BCUT2D eigenvalue weighted by atomic mass is 10.0. The zero-order valence-corrected chi connectivity index (χ0v) is 20.2. The number of benzene rings is 3. The molecule has 0 spiro atoms. The van der Waals surface area contributed by atoms with Crippen LogP contribution in [0, 0.1) is 13.8 Å². The summed E-state index contributed by atoms with van der Waals surface area (Å²) in [6, 6.07) is 13.3. The highest BCUT2D eigenvalue weighted by atomic mass is 15.4. The van der Waals surface area contributed by atoms with Gasteiger partial charge >= 0.3 is 0 Å². The minimum absolute atomic E-state index is 0.323. The van der Waals surface area contributed by atoms with Gasteiger partial charge < -0.3 is 19.6 Å². The fourth-order valence-electron chi connectivity index (χ4n) is 5.53. The third-order valence-corrected chi connectivity index (χ3v) is 6.91. The summed E-state index contributed by atoms with van der Waals surface area (Å²) in [4.78, 5) is 6.65. The molecule has 2 aliphatic heterocycles. The minimum atomic E-state index is -3.17. The topological polar surface area (TPSA) is 13.0 Å². The van der Waals surface area contributed by atoms with Gasteiger partial charge in [0.05, 0.1) is 25.5 Å². The van der Waals surface area contributed by atoms with Gasteiger partial charge in [-0.25, -0.2) is 0 Å². The number of para-hydroxylation sites is 4. The molecule has 0 fully saturated rings.